The standard InChI is InChI=1S/C21H27N3O3/c1-15-18(16(2)24(23-15)17-9-5-3-6-10-17)13-19(25)22-14-21(20(26)27)11-7-4-8-12-21/h3,5-6,9-10H,4,7-8,11-14H2,1-2H3,(H,22,25)(H,26,27). The van der Waals surface area contributed by atoms with Crippen LogP contribution in [0.3, 0.4) is 0 Å². The fourth-order valence-corrected chi connectivity index (χ4v) is 3.94. The fourth-order valence-electron chi connectivity index (χ4n) is 3.94. The predicted octanol–water partition coefficient (Wildman–Crippen LogP) is 3.18. The minimum atomic E-state index is -0.813. The van der Waals surface area contributed by atoms with E-state index in [2.05, 4.69) is 10.4 Å². The molecule has 0 saturated heterocycles. The summed E-state index contributed by atoms with van der Waals surface area (Å²) < 4.78 is 1.85. The van der Waals surface area contributed by atoms with E-state index < -0.39 is 11.4 Å². The Kier molecular flexibility index (Phi) is 5.63. The zero-order valence-corrected chi connectivity index (χ0v) is 16.0. The molecule has 1 fully saturated rings. The van der Waals surface area contributed by atoms with Crippen LogP contribution >= 0.6 is 0 Å². The van der Waals surface area contributed by atoms with Gasteiger partial charge in [-0.15, -0.1) is 0 Å². The number of carboxylic acid groups (broad SMARTS) is 1. The van der Waals surface area contributed by atoms with E-state index in [1.54, 1.807) is 0 Å². The van der Waals surface area contributed by atoms with Gasteiger partial charge in [0.15, 0.2) is 0 Å². The first-order valence-electron chi connectivity index (χ1n) is 9.53. The highest BCUT2D eigenvalue weighted by Gasteiger charge is 2.39. The molecule has 1 aliphatic rings. The van der Waals surface area contributed by atoms with E-state index in [9.17, 15) is 14.7 Å². The number of hydrogen-bond acceptors (Lipinski definition) is 3. The SMILES string of the molecule is Cc1nn(-c2ccccc2)c(C)c1CC(=O)NCC1(C(=O)O)CCCCC1. The molecule has 1 saturated carbocycles. The Morgan fingerprint density at radius 1 is 1.15 bits per heavy atom. The van der Waals surface area contributed by atoms with Crippen LogP contribution in [-0.4, -0.2) is 33.3 Å². The number of nitrogens with zero attached hydrogens (tertiary/aromatic N) is 2. The number of carbonyl (C=O) groups is 2. The summed E-state index contributed by atoms with van der Waals surface area (Å²) in [6.07, 6.45) is 4.36. The normalized spacial score (nSPS) is 16.1. The second-order valence-electron chi connectivity index (χ2n) is 7.50. The van der Waals surface area contributed by atoms with Crippen molar-refractivity contribution in [2.75, 3.05) is 6.54 Å². The molecule has 27 heavy (non-hydrogen) atoms. The van der Waals surface area contributed by atoms with Crippen LogP contribution in [0.15, 0.2) is 30.3 Å². The van der Waals surface area contributed by atoms with Gasteiger partial charge in [-0.05, 0) is 38.8 Å². The molecule has 0 atom stereocenters. The van der Waals surface area contributed by atoms with Crippen molar-refractivity contribution >= 4 is 11.9 Å². The maximum atomic E-state index is 12.5. The van der Waals surface area contributed by atoms with Crippen LogP contribution in [-0.2, 0) is 16.0 Å². The van der Waals surface area contributed by atoms with Crippen LogP contribution in [0.2, 0.25) is 0 Å². The number of nitrogens with one attached hydrogen (secondary N) is 1. The third-order valence-corrected chi connectivity index (χ3v) is 5.67. The zero-order valence-electron chi connectivity index (χ0n) is 16.0. The summed E-state index contributed by atoms with van der Waals surface area (Å²) in [7, 11) is 0. The number of carboxylic acids is 1. The van der Waals surface area contributed by atoms with Gasteiger partial charge in [0, 0.05) is 17.8 Å². The van der Waals surface area contributed by atoms with E-state index in [4.69, 9.17) is 0 Å². The lowest BCUT2D eigenvalue weighted by Crippen LogP contribution is -2.44. The monoisotopic (exact) mass is 369 g/mol. The molecule has 1 aliphatic carbocycles. The maximum absolute atomic E-state index is 12.5. The van der Waals surface area contributed by atoms with Gasteiger partial charge in [-0.1, -0.05) is 37.5 Å². The van der Waals surface area contributed by atoms with Gasteiger partial charge in [-0.25, -0.2) is 4.68 Å². The van der Waals surface area contributed by atoms with Crippen molar-refractivity contribution in [2.24, 2.45) is 5.41 Å². The van der Waals surface area contributed by atoms with Crippen LogP contribution in [0.5, 0.6) is 0 Å². The van der Waals surface area contributed by atoms with Crippen molar-refractivity contribution < 1.29 is 14.7 Å². The van der Waals surface area contributed by atoms with Gasteiger partial charge >= 0.3 is 5.97 Å². The average molecular weight is 369 g/mol. The number of rotatable bonds is 6. The first-order chi connectivity index (χ1) is 12.9. The van der Waals surface area contributed by atoms with Gasteiger partial charge < -0.3 is 10.4 Å². The van der Waals surface area contributed by atoms with Gasteiger partial charge in [0.05, 0.1) is 23.2 Å². The molecule has 6 nitrogen and oxygen atoms in total. The van der Waals surface area contributed by atoms with Crippen LogP contribution in [0.4, 0.5) is 0 Å². The average Bonchev–Trinajstić information content (AvgIpc) is 2.96. The Bertz CT molecular complexity index is 821. The molecule has 0 unspecified atom stereocenters. The van der Waals surface area contributed by atoms with Crippen molar-refractivity contribution in [1.82, 2.24) is 15.1 Å². The topological polar surface area (TPSA) is 84.2 Å². The number of aryl methyl sites for hydroxylation is 1. The first kappa shape index (κ1) is 19.1. The second-order valence-corrected chi connectivity index (χ2v) is 7.50. The number of hydrogen-bond donors (Lipinski definition) is 2. The molecule has 0 bridgehead atoms. The Balaban J connectivity index is 1.69. The van der Waals surface area contributed by atoms with E-state index in [0.717, 1.165) is 41.9 Å². The first-order valence-corrected chi connectivity index (χ1v) is 9.53. The lowest BCUT2D eigenvalue weighted by molar-refractivity contribution is -0.151. The highest BCUT2D eigenvalue weighted by molar-refractivity contribution is 5.81. The minimum Gasteiger partial charge on any atom is -0.481 e. The van der Waals surface area contributed by atoms with Crippen molar-refractivity contribution in [1.29, 1.82) is 0 Å². The summed E-state index contributed by atoms with van der Waals surface area (Å²) in [5.41, 5.74) is 2.78. The minimum absolute atomic E-state index is 0.153. The van der Waals surface area contributed by atoms with Gasteiger partial charge in [0.1, 0.15) is 0 Å². The van der Waals surface area contributed by atoms with Crippen LogP contribution < -0.4 is 5.32 Å². The summed E-state index contributed by atoms with van der Waals surface area (Å²) in [6, 6.07) is 9.81. The summed E-state index contributed by atoms with van der Waals surface area (Å²) in [6.45, 7) is 4.05. The lowest BCUT2D eigenvalue weighted by Gasteiger charge is -2.33. The summed E-state index contributed by atoms with van der Waals surface area (Å²) in [5.74, 6) is -0.952. The molecule has 1 amide bonds. The van der Waals surface area contributed by atoms with Crippen molar-refractivity contribution in [3.05, 3.63) is 47.3 Å². The lowest BCUT2D eigenvalue weighted by atomic mass is 9.74. The molecule has 2 aromatic rings. The number of aliphatic carboxylic acids is 1. The predicted molar refractivity (Wildman–Crippen MR) is 103 cm³/mol. The number of aromatic nitrogens is 2. The number of carbonyl (C=O) groups excluding carboxylic acids is 1. The molecule has 3 rings (SSSR count). The molecule has 144 valence electrons. The molecule has 0 radical (unpaired) electrons. The summed E-state index contributed by atoms with van der Waals surface area (Å²) >= 11 is 0. The molecule has 0 aliphatic heterocycles. The van der Waals surface area contributed by atoms with Crippen molar-refractivity contribution in [3.8, 4) is 5.69 Å². The Hall–Kier alpha value is -2.63. The molecule has 0 spiro atoms. The van der Waals surface area contributed by atoms with Crippen LogP contribution in [0, 0.1) is 19.3 Å². The Morgan fingerprint density at radius 2 is 1.81 bits per heavy atom. The van der Waals surface area contributed by atoms with Gasteiger partial charge in [0.2, 0.25) is 5.91 Å². The molecular weight excluding hydrogens is 342 g/mol. The van der Waals surface area contributed by atoms with Gasteiger partial charge in [-0.2, -0.15) is 5.10 Å². The fraction of sp³-hybridized carbons (Fsp3) is 0.476. The number of benzene rings is 1. The third kappa shape index (κ3) is 4.04. The molecule has 2 N–H and O–H groups in total. The summed E-state index contributed by atoms with van der Waals surface area (Å²) in [4.78, 5) is 24.3. The zero-order chi connectivity index (χ0) is 19.4. The highest BCUT2D eigenvalue weighted by Crippen LogP contribution is 2.36. The van der Waals surface area contributed by atoms with Crippen molar-refractivity contribution in [2.45, 2.75) is 52.4 Å². The summed E-state index contributed by atoms with van der Waals surface area (Å²) in [5, 5.41) is 17.1. The van der Waals surface area contributed by atoms with Gasteiger partial charge in [0.25, 0.3) is 0 Å². The van der Waals surface area contributed by atoms with Crippen LogP contribution in [0.1, 0.15) is 49.1 Å². The van der Waals surface area contributed by atoms with E-state index in [1.807, 2.05) is 48.9 Å². The second kappa shape index (κ2) is 7.94. The van der Waals surface area contributed by atoms with Crippen LogP contribution in [0.25, 0.3) is 5.69 Å². The maximum Gasteiger partial charge on any atom is 0.311 e. The smallest absolute Gasteiger partial charge is 0.311 e. The molecule has 1 aromatic heterocycles. The molecule has 1 heterocycles. The largest absolute Gasteiger partial charge is 0.481 e. The quantitative estimate of drug-likeness (QED) is 0.819. The van der Waals surface area contributed by atoms with Gasteiger partial charge in [-0.3, -0.25) is 9.59 Å². The molecule has 1 aromatic carbocycles. The highest BCUT2D eigenvalue weighted by atomic mass is 16.4. The number of amides is 1. The molecule has 6 heteroatoms. The Labute approximate surface area is 159 Å². The van der Waals surface area contributed by atoms with E-state index in [-0.39, 0.29) is 18.9 Å². The van der Waals surface area contributed by atoms with Crippen molar-refractivity contribution in [3.63, 3.8) is 0 Å². The van der Waals surface area contributed by atoms with E-state index in [0.29, 0.717) is 12.8 Å². The van der Waals surface area contributed by atoms with E-state index >= 15 is 0 Å². The van der Waals surface area contributed by atoms with E-state index in [1.165, 1.54) is 0 Å². The Morgan fingerprint density at radius 3 is 2.44 bits per heavy atom. The third-order valence-electron chi connectivity index (χ3n) is 5.67. The number of para-hydroxylation sites is 1. The molecular formula is C21H27N3O3.